The molecule has 1 fully saturated rings. The molecule has 1 aliphatic heterocycles. The highest BCUT2D eigenvalue weighted by Gasteiger charge is 2.28. The van der Waals surface area contributed by atoms with Gasteiger partial charge in [-0.2, -0.15) is 0 Å². The molecule has 1 aliphatic rings. The predicted octanol–water partition coefficient (Wildman–Crippen LogP) is 4.04. The molecule has 1 atom stereocenters. The summed E-state index contributed by atoms with van der Waals surface area (Å²) >= 11 is 0. The van der Waals surface area contributed by atoms with Gasteiger partial charge in [-0.25, -0.2) is 13.2 Å². The van der Waals surface area contributed by atoms with E-state index in [2.05, 4.69) is 0 Å². The van der Waals surface area contributed by atoms with Crippen molar-refractivity contribution in [2.75, 3.05) is 19.7 Å². The lowest BCUT2D eigenvalue weighted by molar-refractivity contribution is 0.0780. The number of benzene rings is 2. The second-order valence-corrected chi connectivity index (χ2v) is 6.10. The number of hydrogen-bond acceptors (Lipinski definition) is 2. The number of amides is 1. The minimum atomic E-state index is -0.724. The van der Waals surface area contributed by atoms with Crippen LogP contribution in [0.1, 0.15) is 23.2 Å². The highest BCUT2D eigenvalue weighted by molar-refractivity contribution is 5.94. The van der Waals surface area contributed by atoms with E-state index in [1.165, 1.54) is 11.0 Å². The Balaban J connectivity index is 1.52. The third-order valence-corrected chi connectivity index (χ3v) is 4.35. The summed E-state index contributed by atoms with van der Waals surface area (Å²) in [5.74, 6) is -1.89. The Hall–Kier alpha value is -2.50. The average molecular weight is 349 g/mol. The minimum absolute atomic E-state index is 0.187. The van der Waals surface area contributed by atoms with Crippen LogP contribution in [0.15, 0.2) is 42.5 Å². The van der Waals surface area contributed by atoms with Gasteiger partial charge in [-0.05, 0) is 49.1 Å². The van der Waals surface area contributed by atoms with Crippen molar-refractivity contribution in [3.63, 3.8) is 0 Å². The Kier molecular flexibility index (Phi) is 5.26. The Bertz CT molecular complexity index is 766. The lowest BCUT2D eigenvalue weighted by Crippen LogP contribution is -2.29. The van der Waals surface area contributed by atoms with E-state index in [0.29, 0.717) is 26.1 Å². The molecule has 0 spiro atoms. The van der Waals surface area contributed by atoms with E-state index in [-0.39, 0.29) is 17.2 Å². The van der Waals surface area contributed by atoms with E-state index < -0.39 is 23.4 Å². The summed E-state index contributed by atoms with van der Waals surface area (Å²) in [6.45, 7) is 1.27. The summed E-state index contributed by atoms with van der Waals surface area (Å²) in [7, 11) is 0. The van der Waals surface area contributed by atoms with Crippen LogP contribution < -0.4 is 4.74 Å². The van der Waals surface area contributed by atoms with Crippen molar-refractivity contribution >= 4 is 5.91 Å². The van der Waals surface area contributed by atoms with Crippen molar-refractivity contribution in [3.8, 4) is 5.75 Å². The van der Waals surface area contributed by atoms with Crippen LogP contribution in [0, 0.1) is 23.4 Å². The van der Waals surface area contributed by atoms with E-state index in [1.807, 2.05) is 0 Å². The topological polar surface area (TPSA) is 29.5 Å². The largest absolute Gasteiger partial charge is 0.491 e. The fourth-order valence-corrected chi connectivity index (χ4v) is 2.98. The van der Waals surface area contributed by atoms with E-state index in [0.717, 1.165) is 24.6 Å². The maximum Gasteiger partial charge on any atom is 0.256 e. The molecule has 0 aliphatic carbocycles. The number of para-hydroxylation sites is 1. The van der Waals surface area contributed by atoms with E-state index in [1.54, 1.807) is 18.2 Å². The first-order valence-electron chi connectivity index (χ1n) is 8.16. The molecule has 25 heavy (non-hydrogen) atoms. The molecule has 1 saturated heterocycles. The van der Waals surface area contributed by atoms with Crippen LogP contribution in [-0.4, -0.2) is 30.5 Å². The highest BCUT2D eigenvalue weighted by Crippen LogP contribution is 2.24. The van der Waals surface area contributed by atoms with Crippen LogP contribution in [-0.2, 0) is 0 Å². The standard InChI is InChI=1S/C19H18F3NO2/c20-14-5-6-16(21)15(11-14)19(24)23-9-7-13(12-23)8-10-25-18-4-2-1-3-17(18)22/h1-6,11,13H,7-10,12H2. The van der Waals surface area contributed by atoms with Crippen LogP contribution in [0.25, 0.3) is 0 Å². The van der Waals surface area contributed by atoms with Crippen molar-refractivity contribution < 1.29 is 22.7 Å². The SMILES string of the molecule is O=C(c1cc(F)ccc1F)N1CCC(CCOc2ccccc2F)C1. The Labute approximate surface area is 144 Å². The van der Waals surface area contributed by atoms with E-state index >= 15 is 0 Å². The van der Waals surface area contributed by atoms with Crippen LogP contribution in [0.4, 0.5) is 13.2 Å². The van der Waals surface area contributed by atoms with Crippen molar-refractivity contribution in [2.45, 2.75) is 12.8 Å². The second kappa shape index (κ2) is 7.59. The number of hydrogen-bond donors (Lipinski definition) is 0. The maximum absolute atomic E-state index is 13.7. The molecule has 2 aromatic carbocycles. The van der Waals surface area contributed by atoms with Gasteiger partial charge in [-0.3, -0.25) is 4.79 Å². The summed E-state index contributed by atoms with van der Waals surface area (Å²) in [4.78, 5) is 13.9. The van der Waals surface area contributed by atoms with Gasteiger partial charge in [0.15, 0.2) is 11.6 Å². The fourth-order valence-electron chi connectivity index (χ4n) is 2.98. The first kappa shape index (κ1) is 17.3. The van der Waals surface area contributed by atoms with Gasteiger partial charge in [0.2, 0.25) is 0 Å². The fraction of sp³-hybridized carbons (Fsp3) is 0.316. The van der Waals surface area contributed by atoms with Gasteiger partial charge in [0.05, 0.1) is 12.2 Å². The van der Waals surface area contributed by atoms with Gasteiger partial charge in [0.1, 0.15) is 11.6 Å². The molecule has 132 valence electrons. The average Bonchev–Trinajstić information content (AvgIpc) is 3.07. The number of nitrogens with zero attached hydrogens (tertiary/aromatic N) is 1. The molecule has 2 aromatic rings. The maximum atomic E-state index is 13.7. The number of ether oxygens (including phenoxy) is 1. The Morgan fingerprint density at radius 1 is 1.12 bits per heavy atom. The number of carbonyl (C=O) groups excluding carboxylic acids is 1. The van der Waals surface area contributed by atoms with Gasteiger partial charge in [-0.15, -0.1) is 0 Å². The zero-order valence-electron chi connectivity index (χ0n) is 13.6. The van der Waals surface area contributed by atoms with Gasteiger partial charge < -0.3 is 9.64 Å². The molecule has 3 nitrogen and oxygen atoms in total. The summed E-state index contributed by atoms with van der Waals surface area (Å²) in [5, 5.41) is 0. The first-order valence-corrected chi connectivity index (χ1v) is 8.16. The number of halogens is 3. The second-order valence-electron chi connectivity index (χ2n) is 6.10. The molecule has 3 rings (SSSR count). The van der Waals surface area contributed by atoms with Gasteiger partial charge >= 0.3 is 0 Å². The summed E-state index contributed by atoms with van der Waals surface area (Å²) in [6.07, 6.45) is 1.41. The zero-order chi connectivity index (χ0) is 17.8. The predicted molar refractivity (Wildman–Crippen MR) is 86.9 cm³/mol. The summed E-state index contributed by atoms with van der Waals surface area (Å²) in [5.41, 5.74) is -0.247. The smallest absolute Gasteiger partial charge is 0.256 e. The molecular formula is C19H18F3NO2. The molecule has 0 aromatic heterocycles. The van der Waals surface area contributed by atoms with Crippen LogP contribution in [0.3, 0.4) is 0 Å². The van der Waals surface area contributed by atoms with Crippen LogP contribution in [0.5, 0.6) is 5.75 Å². The molecular weight excluding hydrogens is 331 g/mol. The summed E-state index contributed by atoms with van der Waals surface area (Å²) < 4.78 is 45.9. The van der Waals surface area contributed by atoms with Crippen molar-refractivity contribution in [3.05, 3.63) is 65.5 Å². The normalized spacial score (nSPS) is 16.9. The van der Waals surface area contributed by atoms with Gasteiger partial charge in [0.25, 0.3) is 5.91 Å². The molecule has 1 amide bonds. The lowest BCUT2D eigenvalue weighted by Gasteiger charge is -2.17. The third kappa shape index (κ3) is 4.13. The monoisotopic (exact) mass is 349 g/mol. The van der Waals surface area contributed by atoms with Crippen LogP contribution in [0.2, 0.25) is 0 Å². The zero-order valence-corrected chi connectivity index (χ0v) is 13.6. The van der Waals surface area contributed by atoms with Crippen molar-refractivity contribution in [1.82, 2.24) is 4.90 Å². The van der Waals surface area contributed by atoms with Crippen molar-refractivity contribution in [2.24, 2.45) is 5.92 Å². The number of rotatable bonds is 5. The van der Waals surface area contributed by atoms with Gasteiger partial charge in [-0.1, -0.05) is 12.1 Å². The van der Waals surface area contributed by atoms with Crippen LogP contribution >= 0.6 is 0 Å². The molecule has 0 radical (unpaired) electrons. The first-order chi connectivity index (χ1) is 12.0. The third-order valence-electron chi connectivity index (χ3n) is 4.35. The summed E-state index contributed by atoms with van der Waals surface area (Å²) in [6, 6.07) is 9.05. The molecule has 0 bridgehead atoms. The Morgan fingerprint density at radius 2 is 1.92 bits per heavy atom. The molecule has 6 heteroatoms. The molecule has 1 unspecified atom stereocenters. The highest BCUT2D eigenvalue weighted by atomic mass is 19.1. The minimum Gasteiger partial charge on any atom is -0.491 e. The molecule has 0 saturated carbocycles. The quantitative estimate of drug-likeness (QED) is 0.815. The Morgan fingerprint density at radius 3 is 2.72 bits per heavy atom. The number of likely N-dealkylation sites (tertiary alicyclic amines) is 1. The number of carbonyl (C=O) groups is 1. The molecule has 1 heterocycles. The van der Waals surface area contributed by atoms with E-state index in [9.17, 15) is 18.0 Å². The lowest BCUT2D eigenvalue weighted by atomic mass is 10.1. The molecule has 0 N–H and O–H groups in total. The van der Waals surface area contributed by atoms with Gasteiger partial charge in [0, 0.05) is 13.1 Å². The van der Waals surface area contributed by atoms with E-state index in [4.69, 9.17) is 4.74 Å². The van der Waals surface area contributed by atoms with Crippen molar-refractivity contribution in [1.29, 1.82) is 0 Å².